The van der Waals surface area contributed by atoms with Crippen LogP contribution < -0.4 is 11.1 Å². The van der Waals surface area contributed by atoms with Gasteiger partial charge in [-0.1, -0.05) is 16.9 Å². The van der Waals surface area contributed by atoms with E-state index in [1.807, 2.05) is 6.07 Å². The Balaban J connectivity index is 1.49. The van der Waals surface area contributed by atoms with E-state index >= 15 is 0 Å². The Hall–Kier alpha value is -3.43. The van der Waals surface area contributed by atoms with Crippen LogP contribution in [0.5, 0.6) is 0 Å². The number of oxime groups is 1. The first-order valence-corrected chi connectivity index (χ1v) is 12.9. The van der Waals surface area contributed by atoms with Crippen LogP contribution in [0.2, 0.25) is 0 Å². The van der Waals surface area contributed by atoms with Crippen LogP contribution in [0.25, 0.3) is 0 Å². The summed E-state index contributed by atoms with van der Waals surface area (Å²) in [6, 6.07) is 2.74. The van der Waals surface area contributed by atoms with Crippen molar-refractivity contribution in [3.05, 3.63) is 53.1 Å². The van der Waals surface area contributed by atoms with E-state index in [1.54, 1.807) is 36.9 Å². The monoisotopic (exact) mass is 533 g/mol. The van der Waals surface area contributed by atoms with Gasteiger partial charge in [0.25, 0.3) is 11.8 Å². The largest absolute Gasteiger partial charge is 0.477 e. The number of carbonyl (C=O) groups excluding carboxylic acids is 2. The lowest BCUT2D eigenvalue weighted by molar-refractivity contribution is -0.150. The number of rotatable bonds is 9. The standard InChI is InChI=1S/C20H19N7O5S3/c1-2-32-25-12(15-24-20(21)35-26-15)16(28)23-13-17(29)27-14(19(30)31)10(9-34-18(13)27)5-7-33-11-4-3-6-22-8-11/h3-8,13,18H,2,9H2,1H3,(H,23,28)(H,30,31)(H2,21,24,26)/t13?,18-/m0/s1. The summed E-state index contributed by atoms with van der Waals surface area (Å²) in [6.07, 6.45) is 5.03. The van der Waals surface area contributed by atoms with Gasteiger partial charge in [-0.3, -0.25) is 19.5 Å². The van der Waals surface area contributed by atoms with Crippen molar-refractivity contribution < 1.29 is 24.3 Å². The van der Waals surface area contributed by atoms with Gasteiger partial charge in [0, 0.05) is 34.6 Å². The molecule has 2 amide bonds. The quantitative estimate of drug-likeness (QED) is 0.183. The van der Waals surface area contributed by atoms with Crippen LogP contribution in [0.3, 0.4) is 0 Å². The van der Waals surface area contributed by atoms with Crippen molar-refractivity contribution >= 4 is 63.7 Å². The molecule has 2 aliphatic heterocycles. The molecule has 1 unspecified atom stereocenters. The van der Waals surface area contributed by atoms with Gasteiger partial charge in [0.05, 0.1) is 0 Å². The number of β-lactam (4-membered cyclic amide) rings is 1. The number of carboxylic acid groups (broad SMARTS) is 1. The summed E-state index contributed by atoms with van der Waals surface area (Å²) in [4.78, 5) is 52.8. The van der Waals surface area contributed by atoms with E-state index in [0.29, 0.717) is 11.3 Å². The number of thioether (sulfide) groups is 2. The second-order valence-electron chi connectivity index (χ2n) is 6.96. The topological polar surface area (TPSA) is 173 Å². The molecule has 1 fully saturated rings. The molecule has 35 heavy (non-hydrogen) atoms. The number of hydrogen-bond donors (Lipinski definition) is 3. The van der Waals surface area contributed by atoms with Crippen molar-refractivity contribution in [3.8, 4) is 0 Å². The van der Waals surface area contributed by atoms with Crippen molar-refractivity contribution in [1.29, 1.82) is 0 Å². The Morgan fingerprint density at radius 2 is 2.31 bits per heavy atom. The number of nitrogens with one attached hydrogen (secondary N) is 1. The first-order valence-electron chi connectivity index (χ1n) is 10.2. The minimum atomic E-state index is -1.22. The molecule has 0 aliphatic carbocycles. The molecule has 4 N–H and O–H groups in total. The first kappa shape index (κ1) is 24.7. The predicted molar refractivity (Wildman–Crippen MR) is 131 cm³/mol. The molecule has 182 valence electrons. The SMILES string of the molecule is CCON=C(C(=O)NC1C(=O)N2C(C(=O)O)=C(C=CSc3cccnc3)CS[C@@H]12)c1nsc(N)n1. The normalized spacial score (nSPS) is 20.0. The fraction of sp³-hybridized carbons (Fsp3) is 0.250. The van der Waals surface area contributed by atoms with Crippen LogP contribution in [0.15, 0.2) is 57.3 Å². The molecule has 4 rings (SSSR count). The summed E-state index contributed by atoms with van der Waals surface area (Å²) in [5.74, 6) is -2.17. The molecule has 4 heterocycles. The van der Waals surface area contributed by atoms with Crippen LogP contribution in [-0.4, -0.2) is 71.6 Å². The molecule has 1 saturated heterocycles. The number of nitrogens with zero attached hydrogens (tertiary/aromatic N) is 5. The Kier molecular flexibility index (Phi) is 7.67. The van der Waals surface area contributed by atoms with Crippen LogP contribution in [0, 0.1) is 0 Å². The molecule has 12 nitrogen and oxygen atoms in total. The van der Waals surface area contributed by atoms with Crippen molar-refractivity contribution in [2.24, 2.45) is 5.16 Å². The Morgan fingerprint density at radius 1 is 1.49 bits per heavy atom. The van der Waals surface area contributed by atoms with Crippen molar-refractivity contribution in [2.45, 2.75) is 23.2 Å². The number of allylic oxidation sites excluding steroid dienone is 1. The van der Waals surface area contributed by atoms with E-state index in [9.17, 15) is 19.5 Å². The lowest BCUT2D eigenvalue weighted by atomic mass is 10.0. The number of nitrogens with two attached hydrogens (primary N) is 1. The van der Waals surface area contributed by atoms with Gasteiger partial charge < -0.3 is 21.0 Å². The summed E-state index contributed by atoms with van der Waals surface area (Å²) in [6.45, 7) is 1.89. The summed E-state index contributed by atoms with van der Waals surface area (Å²) in [5.41, 5.74) is 5.76. The van der Waals surface area contributed by atoms with Crippen LogP contribution in [0.4, 0.5) is 5.13 Å². The van der Waals surface area contributed by atoms with Gasteiger partial charge in [0.2, 0.25) is 11.5 Å². The molecule has 0 aromatic carbocycles. The van der Waals surface area contributed by atoms with Crippen LogP contribution in [0.1, 0.15) is 12.7 Å². The third kappa shape index (κ3) is 5.31. The minimum Gasteiger partial charge on any atom is -0.477 e. The number of hydrogen-bond acceptors (Lipinski definition) is 12. The van der Waals surface area contributed by atoms with E-state index in [4.69, 9.17) is 10.6 Å². The maximum absolute atomic E-state index is 12.9. The number of anilines is 1. The average Bonchev–Trinajstić information content (AvgIpc) is 3.28. The summed E-state index contributed by atoms with van der Waals surface area (Å²) in [5, 5.41) is 17.5. The number of pyridine rings is 1. The van der Waals surface area contributed by atoms with E-state index in [2.05, 4.69) is 24.8 Å². The molecular formula is C20H19N7O5S3. The van der Waals surface area contributed by atoms with Crippen molar-refractivity contribution in [3.63, 3.8) is 0 Å². The van der Waals surface area contributed by atoms with E-state index < -0.39 is 29.2 Å². The van der Waals surface area contributed by atoms with Crippen LogP contribution in [-0.2, 0) is 19.2 Å². The number of carbonyl (C=O) groups is 3. The molecule has 2 aromatic rings. The molecule has 0 saturated carbocycles. The summed E-state index contributed by atoms with van der Waals surface area (Å²) in [7, 11) is 0. The zero-order valence-electron chi connectivity index (χ0n) is 18.2. The fourth-order valence-electron chi connectivity index (χ4n) is 3.24. The molecule has 15 heteroatoms. The highest BCUT2D eigenvalue weighted by atomic mass is 32.2. The Labute approximate surface area is 211 Å². The van der Waals surface area contributed by atoms with Gasteiger partial charge in [-0.25, -0.2) is 4.79 Å². The smallest absolute Gasteiger partial charge is 0.352 e. The third-order valence-electron chi connectivity index (χ3n) is 4.75. The number of carboxylic acids is 1. The average molecular weight is 534 g/mol. The van der Waals surface area contributed by atoms with E-state index in [0.717, 1.165) is 16.4 Å². The lowest BCUT2D eigenvalue weighted by Gasteiger charge is -2.49. The molecular weight excluding hydrogens is 514 g/mol. The van der Waals surface area contributed by atoms with E-state index in [-0.39, 0.29) is 29.0 Å². The van der Waals surface area contributed by atoms with Gasteiger partial charge in [-0.05, 0) is 36.1 Å². The number of amides is 2. The summed E-state index contributed by atoms with van der Waals surface area (Å²) < 4.78 is 3.97. The molecule has 0 bridgehead atoms. The van der Waals surface area contributed by atoms with Gasteiger partial charge >= 0.3 is 5.97 Å². The number of fused-ring (bicyclic) bond motifs is 1. The predicted octanol–water partition coefficient (Wildman–Crippen LogP) is 1.30. The van der Waals surface area contributed by atoms with E-state index in [1.165, 1.54) is 28.4 Å². The summed E-state index contributed by atoms with van der Waals surface area (Å²) >= 11 is 3.62. The van der Waals surface area contributed by atoms with Gasteiger partial charge in [-0.2, -0.15) is 9.36 Å². The highest BCUT2D eigenvalue weighted by molar-refractivity contribution is 8.02. The Morgan fingerprint density at radius 3 is 2.97 bits per heavy atom. The maximum atomic E-state index is 12.9. The van der Waals surface area contributed by atoms with Crippen LogP contribution >= 0.6 is 35.1 Å². The third-order valence-corrected chi connectivity index (χ3v) is 7.38. The second kappa shape index (κ2) is 10.9. The van der Waals surface area contributed by atoms with Crippen molar-refractivity contribution in [1.82, 2.24) is 24.6 Å². The van der Waals surface area contributed by atoms with Gasteiger partial charge in [0.1, 0.15) is 23.7 Å². The molecule has 0 radical (unpaired) electrons. The molecule has 2 aromatic heterocycles. The number of aliphatic carboxylic acids is 1. The second-order valence-corrected chi connectivity index (χ2v) is 9.83. The van der Waals surface area contributed by atoms with Gasteiger partial charge in [-0.15, -0.1) is 11.8 Å². The zero-order chi connectivity index (χ0) is 24.9. The number of aromatic nitrogens is 3. The van der Waals surface area contributed by atoms with Crippen molar-refractivity contribution in [2.75, 3.05) is 18.1 Å². The highest BCUT2D eigenvalue weighted by Crippen LogP contribution is 2.41. The first-order chi connectivity index (χ1) is 16.9. The highest BCUT2D eigenvalue weighted by Gasteiger charge is 2.54. The maximum Gasteiger partial charge on any atom is 0.352 e. The zero-order valence-corrected chi connectivity index (χ0v) is 20.6. The van der Waals surface area contributed by atoms with Gasteiger partial charge in [0.15, 0.2) is 5.13 Å². The minimum absolute atomic E-state index is 0.0250. The Bertz CT molecular complexity index is 1230. The number of nitrogen functional groups attached to an aromatic ring is 1. The molecule has 0 spiro atoms. The molecule has 2 aliphatic rings. The molecule has 2 atom stereocenters. The lowest BCUT2D eigenvalue weighted by Crippen LogP contribution is -2.71. The fourth-order valence-corrected chi connectivity index (χ4v) is 5.66.